The lowest BCUT2D eigenvalue weighted by Crippen LogP contribution is -2.47. The molecule has 0 radical (unpaired) electrons. The molecule has 1 aliphatic carbocycles. The third-order valence-electron chi connectivity index (χ3n) is 3.91. The summed E-state index contributed by atoms with van der Waals surface area (Å²) in [7, 11) is 0. The highest BCUT2D eigenvalue weighted by atomic mass is 16.6. The van der Waals surface area contributed by atoms with Gasteiger partial charge in [0, 0.05) is 0 Å². The lowest BCUT2D eigenvalue weighted by molar-refractivity contribution is -0.125. The summed E-state index contributed by atoms with van der Waals surface area (Å²) in [4.78, 5) is 23.5. The number of carbonyl (C=O) groups is 2. The van der Waals surface area contributed by atoms with Gasteiger partial charge in [-0.2, -0.15) is 0 Å². The van der Waals surface area contributed by atoms with Crippen molar-refractivity contribution < 1.29 is 19.1 Å². The van der Waals surface area contributed by atoms with Gasteiger partial charge in [0.05, 0.1) is 12.6 Å². The van der Waals surface area contributed by atoms with Gasteiger partial charge in [-0.05, 0) is 40.0 Å². The number of carbonyl (C=O) groups excluding carboxylic acids is 2. The van der Waals surface area contributed by atoms with Crippen molar-refractivity contribution in [3.05, 3.63) is 0 Å². The van der Waals surface area contributed by atoms with E-state index in [1.165, 1.54) is 25.7 Å². The number of amides is 1. The molecule has 2 rings (SSSR count). The minimum absolute atomic E-state index is 0.0918. The second kappa shape index (κ2) is 8.13. The molecule has 5 nitrogen and oxygen atoms in total. The molecule has 1 aliphatic heterocycles. The van der Waals surface area contributed by atoms with Gasteiger partial charge in [0.2, 0.25) is 0 Å². The van der Waals surface area contributed by atoms with Crippen molar-refractivity contribution in [3.63, 3.8) is 0 Å². The average molecular weight is 327 g/mol. The summed E-state index contributed by atoms with van der Waals surface area (Å²) in [5, 5.41) is 2.58. The van der Waals surface area contributed by atoms with Crippen LogP contribution in [0.1, 0.15) is 73.6 Å². The highest BCUT2D eigenvalue weighted by Crippen LogP contribution is 2.33. The molecule has 2 unspecified atom stereocenters. The summed E-state index contributed by atoms with van der Waals surface area (Å²) >= 11 is 0. The number of hydrogen-bond donors (Lipinski definition) is 1. The largest absolute Gasteiger partial charge is 0.444 e. The molecule has 1 saturated carbocycles. The molecular formula is C18H33NO4. The fourth-order valence-corrected chi connectivity index (χ4v) is 2.24. The van der Waals surface area contributed by atoms with E-state index < -0.39 is 23.3 Å². The van der Waals surface area contributed by atoms with Gasteiger partial charge in [-0.15, -0.1) is 0 Å². The zero-order valence-corrected chi connectivity index (χ0v) is 15.5. The first-order valence-electron chi connectivity index (χ1n) is 8.79. The van der Waals surface area contributed by atoms with E-state index in [4.69, 9.17) is 9.47 Å². The zero-order valence-electron chi connectivity index (χ0n) is 15.5. The number of Topliss-reactive ketones (excluding diaryl/α,β-unsaturated/α-hetero) is 1. The van der Waals surface area contributed by atoms with Crippen LogP contribution >= 0.6 is 0 Å². The van der Waals surface area contributed by atoms with Gasteiger partial charge in [0.15, 0.2) is 5.78 Å². The quantitative estimate of drug-likeness (QED) is 0.753. The number of nitrogens with one attached hydrogen (secondary N) is 1. The second-order valence-electron chi connectivity index (χ2n) is 7.72. The van der Waals surface area contributed by atoms with Crippen molar-refractivity contribution in [2.45, 2.75) is 90.9 Å². The molecule has 134 valence electrons. The molecule has 0 aromatic heterocycles. The molecule has 1 saturated heterocycles. The van der Waals surface area contributed by atoms with Crippen molar-refractivity contribution in [1.29, 1.82) is 0 Å². The molecule has 2 aliphatic rings. The summed E-state index contributed by atoms with van der Waals surface area (Å²) in [6.45, 7) is 11.6. The Morgan fingerprint density at radius 2 is 1.87 bits per heavy atom. The lowest BCUT2D eigenvalue weighted by Gasteiger charge is -2.23. The van der Waals surface area contributed by atoms with Crippen molar-refractivity contribution in [3.8, 4) is 0 Å². The van der Waals surface area contributed by atoms with E-state index in [0.29, 0.717) is 13.0 Å². The maximum absolute atomic E-state index is 12.0. The predicted octanol–water partition coefficient (Wildman–Crippen LogP) is 3.84. The van der Waals surface area contributed by atoms with Crippen molar-refractivity contribution in [1.82, 2.24) is 5.32 Å². The standard InChI is InChI=1S/C12H21NO4.C6H12/c1-6-8(9(14)12(5)7-16-12)13-10(15)17-11(2,3)4;1-2-3-6-4-5-6/h8H,6-7H2,1-5H3,(H,13,15);6H,2-5H2,1H3. The average Bonchev–Trinajstić information content (AvgIpc) is 3.33. The Labute approximate surface area is 140 Å². The molecule has 0 aromatic carbocycles. The van der Waals surface area contributed by atoms with Gasteiger partial charge in [-0.25, -0.2) is 4.79 Å². The molecule has 5 heteroatoms. The number of epoxide rings is 1. The van der Waals surface area contributed by atoms with Crippen LogP contribution in [0.4, 0.5) is 4.79 Å². The molecular weight excluding hydrogens is 294 g/mol. The SMILES string of the molecule is CCC(NC(=O)OC(C)(C)C)C(=O)C1(C)CO1.CCCC1CC1. The molecule has 1 heterocycles. The highest BCUT2D eigenvalue weighted by Gasteiger charge is 2.49. The van der Waals surface area contributed by atoms with Crippen LogP contribution in [0.5, 0.6) is 0 Å². The van der Waals surface area contributed by atoms with E-state index in [-0.39, 0.29) is 5.78 Å². The van der Waals surface area contributed by atoms with Gasteiger partial charge in [0.25, 0.3) is 0 Å². The van der Waals surface area contributed by atoms with Gasteiger partial charge < -0.3 is 14.8 Å². The first kappa shape index (κ1) is 19.9. The molecule has 2 atom stereocenters. The minimum Gasteiger partial charge on any atom is -0.444 e. The van der Waals surface area contributed by atoms with Crippen LogP contribution in [-0.4, -0.2) is 35.7 Å². The smallest absolute Gasteiger partial charge is 0.408 e. The summed E-state index contributed by atoms with van der Waals surface area (Å²) in [6.07, 6.45) is 5.88. The Balaban J connectivity index is 0.000000366. The van der Waals surface area contributed by atoms with Gasteiger partial charge in [-0.3, -0.25) is 4.79 Å². The van der Waals surface area contributed by atoms with Crippen LogP contribution in [0.25, 0.3) is 0 Å². The van der Waals surface area contributed by atoms with E-state index in [1.54, 1.807) is 27.7 Å². The molecule has 1 amide bonds. The maximum Gasteiger partial charge on any atom is 0.408 e. The Morgan fingerprint density at radius 1 is 1.30 bits per heavy atom. The van der Waals surface area contributed by atoms with E-state index in [9.17, 15) is 9.59 Å². The zero-order chi connectivity index (χ0) is 17.7. The van der Waals surface area contributed by atoms with Crippen LogP contribution in [0, 0.1) is 5.92 Å². The molecule has 0 bridgehead atoms. The Morgan fingerprint density at radius 3 is 2.17 bits per heavy atom. The maximum atomic E-state index is 12.0. The highest BCUT2D eigenvalue weighted by molar-refractivity contribution is 5.95. The number of ether oxygens (including phenoxy) is 2. The van der Waals surface area contributed by atoms with Crippen molar-refractivity contribution in [2.75, 3.05) is 6.61 Å². The minimum atomic E-state index is -0.713. The Hall–Kier alpha value is -1.10. The fraction of sp³-hybridized carbons (Fsp3) is 0.889. The topological polar surface area (TPSA) is 67.9 Å². The molecule has 1 N–H and O–H groups in total. The number of hydrogen-bond acceptors (Lipinski definition) is 4. The third-order valence-corrected chi connectivity index (χ3v) is 3.91. The second-order valence-corrected chi connectivity index (χ2v) is 7.72. The van der Waals surface area contributed by atoms with Gasteiger partial charge in [-0.1, -0.05) is 39.5 Å². The Kier molecular flexibility index (Phi) is 7.05. The van der Waals surface area contributed by atoms with E-state index >= 15 is 0 Å². The van der Waals surface area contributed by atoms with E-state index in [1.807, 2.05) is 6.92 Å². The van der Waals surface area contributed by atoms with Crippen LogP contribution in [0.2, 0.25) is 0 Å². The monoisotopic (exact) mass is 327 g/mol. The summed E-state index contributed by atoms with van der Waals surface area (Å²) in [5.41, 5.74) is -1.28. The molecule has 23 heavy (non-hydrogen) atoms. The van der Waals surface area contributed by atoms with E-state index in [0.717, 1.165) is 5.92 Å². The Bertz CT molecular complexity index is 406. The summed E-state index contributed by atoms with van der Waals surface area (Å²) in [5.74, 6) is 1.06. The van der Waals surface area contributed by atoms with Crippen LogP contribution < -0.4 is 5.32 Å². The van der Waals surface area contributed by atoms with Crippen molar-refractivity contribution >= 4 is 11.9 Å². The number of ketones is 1. The summed E-state index contributed by atoms with van der Waals surface area (Å²) < 4.78 is 10.2. The first-order chi connectivity index (χ1) is 10.6. The first-order valence-corrected chi connectivity index (χ1v) is 8.79. The third kappa shape index (κ3) is 7.82. The van der Waals surface area contributed by atoms with Gasteiger partial charge in [0.1, 0.15) is 11.2 Å². The van der Waals surface area contributed by atoms with E-state index in [2.05, 4.69) is 12.2 Å². The summed E-state index contributed by atoms with van der Waals surface area (Å²) in [6, 6.07) is -0.544. The molecule has 0 aromatic rings. The normalized spacial score (nSPS) is 24.1. The van der Waals surface area contributed by atoms with Crippen LogP contribution in [0.3, 0.4) is 0 Å². The fourth-order valence-electron chi connectivity index (χ4n) is 2.24. The predicted molar refractivity (Wildman–Crippen MR) is 90.4 cm³/mol. The molecule has 2 fully saturated rings. The van der Waals surface area contributed by atoms with Gasteiger partial charge >= 0.3 is 6.09 Å². The van der Waals surface area contributed by atoms with Crippen molar-refractivity contribution in [2.24, 2.45) is 5.92 Å². The lowest BCUT2D eigenvalue weighted by atomic mass is 9.99. The number of rotatable bonds is 6. The van der Waals surface area contributed by atoms with Crippen LogP contribution in [0.15, 0.2) is 0 Å². The van der Waals surface area contributed by atoms with Crippen LogP contribution in [-0.2, 0) is 14.3 Å². The molecule has 0 spiro atoms. The number of alkyl carbamates (subject to hydrolysis) is 1.